The van der Waals surface area contributed by atoms with Crippen LogP contribution in [0.1, 0.15) is 18.0 Å². The Morgan fingerprint density at radius 1 is 1.42 bits per heavy atom. The molecule has 3 rings (SSSR count). The van der Waals surface area contributed by atoms with Crippen molar-refractivity contribution >= 4 is 34.5 Å². The largest absolute Gasteiger partial charge is 0.431 e. The summed E-state index contributed by atoms with van der Waals surface area (Å²) in [5.74, 6) is 0.769. The van der Waals surface area contributed by atoms with E-state index >= 15 is 0 Å². The fraction of sp³-hybridized carbons (Fsp3) is 0.273. The van der Waals surface area contributed by atoms with Gasteiger partial charge in [-0.3, -0.25) is 0 Å². The van der Waals surface area contributed by atoms with Crippen molar-refractivity contribution in [3.63, 3.8) is 0 Å². The molecule has 0 unspecified atom stereocenters. The maximum atomic E-state index is 5.91. The Morgan fingerprint density at radius 3 is 3.00 bits per heavy atom. The first-order chi connectivity index (χ1) is 9.13. The molecule has 0 saturated heterocycles. The SMILES string of the molecule is C[C@H](Sc1nc2ccc(Cl)cc2o1)c1nnnn1C. The van der Waals surface area contributed by atoms with Crippen molar-refractivity contribution < 1.29 is 4.42 Å². The molecule has 1 atom stereocenters. The monoisotopic (exact) mass is 295 g/mol. The quantitative estimate of drug-likeness (QED) is 0.692. The van der Waals surface area contributed by atoms with Gasteiger partial charge in [0.2, 0.25) is 0 Å². The number of fused-ring (bicyclic) bond motifs is 1. The Kier molecular flexibility index (Phi) is 3.16. The molecule has 98 valence electrons. The minimum absolute atomic E-state index is 0.0449. The molecule has 2 heterocycles. The zero-order chi connectivity index (χ0) is 13.4. The third-order valence-electron chi connectivity index (χ3n) is 2.62. The molecule has 8 heteroatoms. The van der Waals surface area contributed by atoms with Gasteiger partial charge in [-0.15, -0.1) is 5.10 Å². The Balaban J connectivity index is 1.87. The van der Waals surface area contributed by atoms with E-state index in [1.165, 1.54) is 11.8 Å². The molecule has 0 fully saturated rings. The van der Waals surface area contributed by atoms with Crippen LogP contribution in [0.2, 0.25) is 5.02 Å². The minimum atomic E-state index is 0.0449. The van der Waals surface area contributed by atoms with Gasteiger partial charge < -0.3 is 4.42 Å². The molecule has 0 N–H and O–H groups in total. The molecule has 0 aliphatic rings. The summed E-state index contributed by atoms with van der Waals surface area (Å²) in [4.78, 5) is 4.39. The second-order valence-corrected chi connectivity index (χ2v) is 5.74. The summed E-state index contributed by atoms with van der Waals surface area (Å²) in [5.41, 5.74) is 1.47. The summed E-state index contributed by atoms with van der Waals surface area (Å²) >= 11 is 7.37. The highest BCUT2D eigenvalue weighted by molar-refractivity contribution is 7.99. The molecule has 0 spiro atoms. The van der Waals surface area contributed by atoms with Crippen molar-refractivity contribution in [3.05, 3.63) is 29.0 Å². The number of oxazole rings is 1. The molecule has 19 heavy (non-hydrogen) atoms. The van der Waals surface area contributed by atoms with Gasteiger partial charge in [-0.05, 0) is 29.5 Å². The number of tetrazole rings is 1. The maximum absolute atomic E-state index is 5.91. The zero-order valence-electron chi connectivity index (χ0n) is 10.2. The van der Waals surface area contributed by atoms with Crippen molar-refractivity contribution in [1.82, 2.24) is 25.2 Å². The van der Waals surface area contributed by atoms with Gasteiger partial charge in [0.05, 0.1) is 5.25 Å². The third-order valence-corrected chi connectivity index (χ3v) is 3.80. The molecular formula is C11H10ClN5OS. The number of rotatable bonds is 3. The van der Waals surface area contributed by atoms with Crippen LogP contribution in [0, 0.1) is 0 Å². The number of aromatic nitrogens is 5. The van der Waals surface area contributed by atoms with Crippen molar-refractivity contribution in [2.75, 3.05) is 0 Å². The van der Waals surface area contributed by atoms with Crippen LogP contribution < -0.4 is 0 Å². The topological polar surface area (TPSA) is 69.6 Å². The van der Waals surface area contributed by atoms with Crippen LogP contribution in [0.25, 0.3) is 11.1 Å². The van der Waals surface area contributed by atoms with E-state index in [0.29, 0.717) is 15.8 Å². The van der Waals surface area contributed by atoms with Crippen molar-refractivity contribution in [2.45, 2.75) is 17.4 Å². The highest BCUT2D eigenvalue weighted by atomic mass is 35.5. The second kappa shape index (κ2) is 4.82. The highest BCUT2D eigenvalue weighted by Gasteiger charge is 2.17. The Labute approximate surface area is 118 Å². The summed E-state index contributed by atoms with van der Waals surface area (Å²) in [6.07, 6.45) is 0. The molecule has 6 nitrogen and oxygen atoms in total. The van der Waals surface area contributed by atoms with Gasteiger partial charge in [-0.25, -0.2) is 9.67 Å². The molecular weight excluding hydrogens is 286 g/mol. The maximum Gasteiger partial charge on any atom is 0.257 e. The Hall–Kier alpha value is -1.60. The first kappa shape index (κ1) is 12.4. The predicted molar refractivity (Wildman–Crippen MR) is 72.1 cm³/mol. The first-order valence-electron chi connectivity index (χ1n) is 5.58. The summed E-state index contributed by atoms with van der Waals surface area (Å²) in [6, 6.07) is 5.37. The van der Waals surface area contributed by atoms with E-state index in [9.17, 15) is 0 Å². The fourth-order valence-electron chi connectivity index (χ4n) is 1.71. The van der Waals surface area contributed by atoms with Crippen molar-refractivity contribution in [3.8, 4) is 0 Å². The van der Waals surface area contributed by atoms with Gasteiger partial charge in [-0.1, -0.05) is 23.4 Å². The summed E-state index contributed by atoms with van der Waals surface area (Å²) < 4.78 is 7.28. The van der Waals surface area contributed by atoms with Crippen LogP contribution >= 0.6 is 23.4 Å². The van der Waals surface area contributed by atoms with E-state index in [2.05, 4.69) is 20.5 Å². The lowest BCUT2D eigenvalue weighted by Crippen LogP contribution is -2.01. The van der Waals surface area contributed by atoms with E-state index in [1.54, 1.807) is 23.9 Å². The van der Waals surface area contributed by atoms with Crippen LogP contribution in [0.3, 0.4) is 0 Å². The molecule has 0 amide bonds. The smallest absolute Gasteiger partial charge is 0.257 e. The number of hydrogen-bond acceptors (Lipinski definition) is 6. The van der Waals surface area contributed by atoms with Crippen LogP contribution in [0.5, 0.6) is 0 Å². The van der Waals surface area contributed by atoms with E-state index in [4.69, 9.17) is 16.0 Å². The third kappa shape index (κ3) is 2.43. The predicted octanol–water partition coefficient (Wildman–Crippen LogP) is 2.86. The molecule has 1 aromatic carbocycles. The van der Waals surface area contributed by atoms with E-state index in [1.807, 2.05) is 13.0 Å². The average molecular weight is 296 g/mol. The number of aryl methyl sites for hydroxylation is 1. The molecule has 0 bridgehead atoms. The second-order valence-electron chi connectivity index (χ2n) is 4.01. The van der Waals surface area contributed by atoms with Gasteiger partial charge in [0.25, 0.3) is 5.22 Å². The van der Waals surface area contributed by atoms with Crippen LogP contribution in [0.15, 0.2) is 27.8 Å². The molecule has 2 aromatic heterocycles. The van der Waals surface area contributed by atoms with Gasteiger partial charge in [-0.2, -0.15) is 0 Å². The lowest BCUT2D eigenvalue weighted by atomic mass is 10.3. The Bertz CT molecular complexity index is 725. The van der Waals surface area contributed by atoms with Gasteiger partial charge in [0.15, 0.2) is 11.4 Å². The van der Waals surface area contributed by atoms with Gasteiger partial charge in [0, 0.05) is 18.1 Å². The molecule has 0 aliphatic carbocycles. The molecule has 0 aliphatic heterocycles. The summed E-state index contributed by atoms with van der Waals surface area (Å²) in [6.45, 7) is 2.00. The minimum Gasteiger partial charge on any atom is -0.431 e. The Morgan fingerprint density at radius 2 is 2.26 bits per heavy atom. The van der Waals surface area contributed by atoms with Crippen molar-refractivity contribution in [2.24, 2.45) is 7.05 Å². The van der Waals surface area contributed by atoms with Crippen LogP contribution in [-0.2, 0) is 7.05 Å². The lowest BCUT2D eigenvalue weighted by Gasteiger charge is -2.05. The van der Waals surface area contributed by atoms with E-state index < -0.39 is 0 Å². The van der Waals surface area contributed by atoms with Crippen molar-refractivity contribution in [1.29, 1.82) is 0 Å². The molecule has 0 radical (unpaired) electrons. The highest BCUT2D eigenvalue weighted by Crippen LogP contribution is 2.34. The number of thioether (sulfide) groups is 1. The van der Waals surface area contributed by atoms with Crippen LogP contribution in [-0.4, -0.2) is 25.2 Å². The number of halogens is 1. The summed E-state index contributed by atoms with van der Waals surface area (Å²) in [7, 11) is 1.80. The van der Waals surface area contributed by atoms with E-state index in [0.717, 1.165) is 11.3 Å². The number of hydrogen-bond donors (Lipinski definition) is 0. The number of nitrogens with zero attached hydrogens (tertiary/aromatic N) is 5. The fourth-order valence-corrected chi connectivity index (χ4v) is 2.77. The van der Waals surface area contributed by atoms with Gasteiger partial charge in [0.1, 0.15) is 5.52 Å². The number of benzene rings is 1. The average Bonchev–Trinajstić information content (AvgIpc) is 2.94. The molecule has 3 aromatic rings. The first-order valence-corrected chi connectivity index (χ1v) is 6.84. The zero-order valence-corrected chi connectivity index (χ0v) is 11.8. The normalized spacial score (nSPS) is 13.0. The van der Waals surface area contributed by atoms with Crippen LogP contribution in [0.4, 0.5) is 0 Å². The summed E-state index contributed by atoms with van der Waals surface area (Å²) in [5, 5.41) is 12.6. The standard InChI is InChI=1S/C11H10ClN5OS/c1-6(10-14-15-16-17(10)2)19-11-13-8-4-3-7(12)5-9(8)18-11/h3-6H,1-2H3/t6-/m0/s1. The van der Waals surface area contributed by atoms with E-state index in [-0.39, 0.29) is 5.25 Å². The molecule has 0 saturated carbocycles. The van der Waals surface area contributed by atoms with Gasteiger partial charge >= 0.3 is 0 Å². The lowest BCUT2D eigenvalue weighted by molar-refractivity contribution is 0.488.